The van der Waals surface area contributed by atoms with Crippen LogP contribution in [0.2, 0.25) is 5.02 Å². The molecule has 1 fully saturated rings. The van der Waals surface area contributed by atoms with Crippen molar-refractivity contribution in [1.29, 1.82) is 0 Å². The first-order valence-electron chi connectivity index (χ1n) is 10.3. The molecule has 0 aromatic heterocycles. The number of carbonyl (C=O) groups excluding carboxylic acids is 1. The van der Waals surface area contributed by atoms with Crippen LogP contribution in [0.3, 0.4) is 0 Å². The van der Waals surface area contributed by atoms with Gasteiger partial charge in [-0.3, -0.25) is 4.79 Å². The molecule has 166 valence electrons. The van der Waals surface area contributed by atoms with Gasteiger partial charge in [0.1, 0.15) is 5.75 Å². The molecule has 0 unspecified atom stereocenters. The van der Waals surface area contributed by atoms with Crippen LogP contribution in [0.25, 0.3) is 0 Å². The van der Waals surface area contributed by atoms with E-state index in [4.69, 9.17) is 11.6 Å². The second-order valence-corrected chi connectivity index (χ2v) is 8.82. The molecule has 4 rings (SSSR count). The Labute approximate surface area is 184 Å². The predicted octanol–water partition coefficient (Wildman–Crippen LogP) is 5.28. The maximum atomic E-state index is 12.9. The molecule has 0 saturated carbocycles. The van der Waals surface area contributed by atoms with Crippen molar-refractivity contribution in [3.05, 3.63) is 63.7 Å². The number of fused-ring (bicyclic) bond motifs is 1. The summed E-state index contributed by atoms with van der Waals surface area (Å²) in [6, 6.07) is 9.56. The van der Waals surface area contributed by atoms with Gasteiger partial charge >= 0.3 is 6.36 Å². The highest BCUT2D eigenvalue weighted by atomic mass is 35.5. The third-order valence-corrected chi connectivity index (χ3v) is 6.28. The Hall–Kier alpha value is -2.25. The summed E-state index contributed by atoms with van der Waals surface area (Å²) < 4.78 is 40.8. The Bertz CT molecular complexity index is 955. The van der Waals surface area contributed by atoms with E-state index in [1.165, 1.54) is 24.3 Å². The van der Waals surface area contributed by atoms with E-state index in [0.717, 1.165) is 49.0 Å². The van der Waals surface area contributed by atoms with Crippen molar-refractivity contribution in [2.24, 2.45) is 5.92 Å². The van der Waals surface area contributed by atoms with Gasteiger partial charge in [-0.15, -0.1) is 13.2 Å². The minimum Gasteiger partial charge on any atom is -0.406 e. The zero-order chi connectivity index (χ0) is 22.2. The standard InChI is InChI=1S/C23H24ClF3N2O2/c1-28-8-6-15(7-9-28)10-17-11-18-14-29(22(30)21(18)20(24)12-17)13-16-2-4-19(5-3-16)31-23(25,26)27/h2-5,11-12,15H,6-10,13-14H2,1H3. The third-order valence-electron chi connectivity index (χ3n) is 5.99. The summed E-state index contributed by atoms with van der Waals surface area (Å²) in [5.74, 6) is 0.186. The van der Waals surface area contributed by atoms with Gasteiger partial charge in [0.2, 0.25) is 0 Å². The summed E-state index contributed by atoms with van der Waals surface area (Å²) >= 11 is 6.48. The van der Waals surface area contributed by atoms with Crippen LogP contribution in [0.15, 0.2) is 36.4 Å². The number of likely N-dealkylation sites (tertiary alicyclic amines) is 1. The molecule has 0 N–H and O–H groups in total. The number of halogens is 4. The SMILES string of the molecule is CN1CCC(Cc2cc(Cl)c3c(c2)CN(Cc2ccc(OC(F)(F)F)cc2)C3=O)CC1. The van der Waals surface area contributed by atoms with Crippen molar-refractivity contribution in [3.8, 4) is 5.75 Å². The van der Waals surface area contributed by atoms with Crippen molar-refractivity contribution in [2.75, 3.05) is 20.1 Å². The largest absolute Gasteiger partial charge is 0.573 e. The van der Waals surface area contributed by atoms with Gasteiger partial charge in [-0.1, -0.05) is 29.8 Å². The van der Waals surface area contributed by atoms with Crippen LogP contribution >= 0.6 is 11.6 Å². The lowest BCUT2D eigenvalue weighted by Crippen LogP contribution is -2.30. The van der Waals surface area contributed by atoms with Crippen LogP contribution < -0.4 is 4.74 Å². The lowest BCUT2D eigenvalue weighted by atomic mass is 9.89. The molecular formula is C23H24ClF3N2O2. The van der Waals surface area contributed by atoms with Crippen molar-refractivity contribution in [2.45, 2.75) is 38.7 Å². The number of hydrogen-bond acceptors (Lipinski definition) is 3. The fraction of sp³-hybridized carbons (Fsp3) is 0.435. The number of hydrogen-bond donors (Lipinski definition) is 0. The highest BCUT2D eigenvalue weighted by molar-refractivity contribution is 6.34. The number of ether oxygens (including phenoxy) is 1. The van der Waals surface area contributed by atoms with E-state index in [9.17, 15) is 18.0 Å². The average Bonchev–Trinajstić information content (AvgIpc) is 3.00. The smallest absolute Gasteiger partial charge is 0.406 e. The van der Waals surface area contributed by atoms with Gasteiger partial charge in [0.15, 0.2) is 0 Å². The molecule has 2 aliphatic heterocycles. The van der Waals surface area contributed by atoms with Crippen molar-refractivity contribution in [1.82, 2.24) is 9.80 Å². The normalized spacial score (nSPS) is 17.8. The van der Waals surface area contributed by atoms with Gasteiger partial charge in [0.05, 0.1) is 10.6 Å². The minimum atomic E-state index is -4.73. The van der Waals surface area contributed by atoms with Gasteiger partial charge in [0.25, 0.3) is 5.91 Å². The molecule has 0 radical (unpaired) electrons. The van der Waals surface area contributed by atoms with Crippen molar-refractivity contribution < 1.29 is 22.7 Å². The summed E-state index contributed by atoms with van der Waals surface area (Å²) in [5, 5.41) is 0.474. The van der Waals surface area contributed by atoms with Crippen LogP contribution in [0.4, 0.5) is 13.2 Å². The van der Waals surface area contributed by atoms with E-state index in [2.05, 4.69) is 22.8 Å². The maximum Gasteiger partial charge on any atom is 0.573 e. The van der Waals surface area contributed by atoms with E-state index >= 15 is 0 Å². The molecule has 1 amide bonds. The highest BCUT2D eigenvalue weighted by Crippen LogP contribution is 2.33. The first-order valence-corrected chi connectivity index (χ1v) is 10.7. The first-order chi connectivity index (χ1) is 14.7. The molecule has 2 heterocycles. The molecule has 31 heavy (non-hydrogen) atoms. The van der Waals surface area contributed by atoms with Crippen LogP contribution in [0.1, 0.15) is 39.9 Å². The zero-order valence-electron chi connectivity index (χ0n) is 17.2. The average molecular weight is 453 g/mol. The molecule has 2 aliphatic rings. The predicted molar refractivity (Wildman–Crippen MR) is 112 cm³/mol. The van der Waals surface area contributed by atoms with E-state index in [0.29, 0.717) is 29.6 Å². The summed E-state index contributed by atoms with van der Waals surface area (Å²) in [6.45, 7) is 2.93. The van der Waals surface area contributed by atoms with Gasteiger partial charge in [-0.05, 0) is 80.2 Å². The lowest BCUT2D eigenvalue weighted by molar-refractivity contribution is -0.274. The number of carbonyl (C=O) groups is 1. The summed E-state index contributed by atoms with van der Waals surface area (Å²) in [5.41, 5.74) is 3.32. The maximum absolute atomic E-state index is 12.9. The number of benzene rings is 2. The van der Waals surface area contributed by atoms with Crippen molar-refractivity contribution >= 4 is 17.5 Å². The third kappa shape index (κ3) is 5.33. The number of amides is 1. The fourth-order valence-corrected chi connectivity index (χ4v) is 4.73. The van der Waals surface area contributed by atoms with Crippen LogP contribution in [0.5, 0.6) is 5.75 Å². The number of alkyl halides is 3. The number of rotatable bonds is 5. The van der Waals surface area contributed by atoms with Gasteiger partial charge < -0.3 is 14.5 Å². The van der Waals surface area contributed by atoms with Gasteiger partial charge in [-0.2, -0.15) is 0 Å². The lowest BCUT2D eigenvalue weighted by Gasteiger charge is -2.29. The molecular weight excluding hydrogens is 429 g/mol. The minimum absolute atomic E-state index is 0.151. The molecule has 8 heteroatoms. The molecule has 2 aromatic carbocycles. The van der Waals surface area contributed by atoms with Gasteiger partial charge in [-0.25, -0.2) is 0 Å². The summed E-state index contributed by atoms with van der Waals surface area (Å²) in [7, 11) is 2.14. The molecule has 0 bridgehead atoms. The monoisotopic (exact) mass is 452 g/mol. The molecule has 0 spiro atoms. The topological polar surface area (TPSA) is 32.8 Å². The molecule has 0 atom stereocenters. The van der Waals surface area contributed by atoms with Crippen LogP contribution in [0, 0.1) is 5.92 Å². The number of nitrogens with zero attached hydrogens (tertiary/aromatic N) is 2. The molecule has 0 aliphatic carbocycles. The van der Waals surface area contributed by atoms with E-state index in [1.807, 2.05) is 6.07 Å². The van der Waals surface area contributed by atoms with Crippen LogP contribution in [-0.2, 0) is 19.5 Å². The second-order valence-electron chi connectivity index (χ2n) is 8.42. The fourth-order valence-electron chi connectivity index (χ4n) is 4.39. The Morgan fingerprint density at radius 2 is 1.77 bits per heavy atom. The first kappa shape index (κ1) is 22.0. The quantitative estimate of drug-likeness (QED) is 0.619. The highest BCUT2D eigenvalue weighted by Gasteiger charge is 2.32. The van der Waals surface area contributed by atoms with E-state index < -0.39 is 6.36 Å². The zero-order valence-corrected chi connectivity index (χ0v) is 18.0. The second kappa shape index (κ2) is 8.71. The Morgan fingerprint density at radius 3 is 2.42 bits per heavy atom. The van der Waals surface area contributed by atoms with Crippen LogP contribution in [-0.4, -0.2) is 42.2 Å². The molecule has 1 saturated heterocycles. The van der Waals surface area contributed by atoms with Gasteiger partial charge in [0, 0.05) is 13.1 Å². The Morgan fingerprint density at radius 1 is 1.10 bits per heavy atom. The van der Waals surface area contributed by atoms with Crippen molar-refractivity contribution in [3.63, 3.8) is 0 Å². The molecule has 2 aromatic rings. The Balaban J connectivity index is 1.43. The molecule has 4 nitrogen and oxygen atoms in total. The van der Waals surface area contributed by atoms with E-state index in [-0.39, 0.29) is 11.7 Å². The number of piperidine rings is 1. The summed E-state index contributed by atoms with van der Waals surface area (Å²) in [6.07, 6.45) is -1.46. The Kier molecular flexibility index (Phi) is 6.17. The van der Waals surface area contributed by atoms with E-state index in [1.54, 1.807) is 4.90 Å². The summed E-state index contributed by atoms with van der Waals surface area (Å²) in [4.78, 5) is 16.9.